The Kier molecular flexibility index (Phi) is 6.48. The molecule has 0 bridgehead atoms. The van der Waals surface area contributed by atoms with Crippen molar-refractivity contribution in [1.82, 2.24) is 0 Å². The van der Waals surface area contributed by atoms with Crippen molar-refractivity contribution >= 4 is 12.4 Å². The summed E-state index contributed by atoms with van der Waals surface area (Å²) in [5, 5.41) is 9.60. The van der Waals surface area contributed by atoms with Crippen LogP contribution in [-0.4, -0.2) is 11.2 Å². The van der Waals surface area contributed by atoms with Crippen molar-refractivity contribution in [2.24, 2.45) is 5.73 Å². The zero-order valence-corrected chi connectivity index (χ0v) is 9.51. The molecule has 86 valence electrons. The molecule has 4 heteroatoms. The first kappa shape index (κ1) is 14.4. The number of rotatable bonds is 4. The molecule has 0 aliphatic rings. The molecule has 15 heavy (non-hydrogen) atoms. The third-order valence-electron chi connectivity index (χ3n) is 2.26. The van der Waals surface area contributed by atoms with E-state index in [-0.39, 0.29) is 18.2 Å². The van der Waals surface area contributed by atoms with E-state index in [4.69, 9.17) is 5.73 Å². The molecular weight excluding hydrogens is 217 g/mol. The molecule has 1 rings (SSSR count). The summed E-state index contributed by atoms with van der Waals surface area (Å²) in [4.78, 5) is 0. The Balaban J connectivity index is 0.00000196. The summed E-state index contributed by atoms with van der Waals surface area (Å²) in [6, 6.07) is 5.66. The summed E-state index contributed by atoms with van der Waals surface area (Å²) >= 11 is 0. The van der Waals surface area contributed by atoms with E-state index >= 15 is 0 Å². The molecule has 2 nitrogen and oxygen atoms in total. The Labute approximate surface area is 95.7 Å². The normalized spacial score (nSPS) is 14.1. The van der Waals surface area contributed by atoms with E-state index in [9.17, 15) is 9.50 Å². The highest BCUT2D eigenvalue weighted by Crippen LogP contribution is 2.19. The SMILES string of the molecule is CCC[C@@H](O)[C@@H](N)c1ccccc1F.Cl. The predicted molar refractivity (Wildman–Crippen MR) is 61.5 cm³/mol. The summed E-state index contributed by atoms with van der Waals surface area (Å²) in [5.41, 5.74) is 6.12. The van der Waals surface area contributed by atoms with Crippen LogP contribution in [0.4, 0.5) is 4.39 Å². The monoisotopic (exact) mass is 233 g/mol. The van der Waals surface area contributed by atoms with Gasteiger partial charge in [0.15, 0.2) is 0 Å². The van der Waals surface area contributed by atoms with Crippen LogP contribution in [0.3, 0.4) is 0 Å². The van der Waals surface area contributed by atoms with E-state index in [0.29, 0.717) is 12.0 Å². The first-order valence-corrected chi connectivity index (χ1v) is 4.85. The second kappa shape index (κ2) is 6.77. The molecule has 0 aromatic heterocycles. The minimum Gasteiger partial charge on any atom is -0.391 e. The molecule has 0 heterocycles. The van der Waals surface area contributed by atoms with Gasteiger partial charge in [0.25, 0.3) is 0 Å². The standard InChI is InChI=1S/C11H16FNO.ClH/c1-2-5-10(14)11(13)8-6-3-4-7-9(8)12;/h3-4,6-7,10-11,14H,2,5,13H2,1H3;1H/t10-,11+;/m1./s1. The molecule has 2 atom stereocenters. The third-order valence-corrected chi connectivity index (χ3v) is 2.26. The van der Waals surface area contributed by atoms with Crippen LogP contribution in [0, 0.1) is 5.82 Å². The maximum atomic E-state index is 13.2. The summed E-state index contributed by atoms with van der Waals surface area (Å²) in [7, 11) is 0. The molecule has 1 aromatic rings. The van der Waals surface area contributed by atoms with Gasteiger partial charge in [0.05, 0.1) is 12.1 Å². The zero-order chi connectivity index (χ0) is 10.6. The Morgan fingerprint density at radius 3 is 2.53 bits per heavy atom. The average Bonchev–Trinajstić information content (AvgIpc) is 2.18. The van der Waals surface area contributed by atoms with Gasteiger partial charge >= 0.3 is 0 Å². The minimum absolute atomic E-state index is 0. The second-order valence-corrected chi connectivity index (χ2v) is 3.40. The quantitative estimate of drug-likeness (QED) is 0.839. The van der Waals surface area contributed by atoms with Crippen molar-refractivity contribution in [3.8, 4) is 0 Å². The van der Waals surface area contributed by atoms with Crippen molar-refractivity contribution in [3.63, 3.8) is 0 Å². The number of nitrogens with two attached hydrogens (primary N) is 1. The lowest BCUT2D eigenvalue weighted by Gasteiger charge is -2.18. The van der Waals surface area contributed by atoms with Gasteiger partial charge in [-0.15, -0.1) is 12.4 Å². The molecule has 0 aliphatic heterocycles. The Bertz CT molecular complexity index is 296. The maximum absolute atomic E-state index is 13.2. The highest BCUT2D eigenvalue weighted by molar-refractivity contribution is 5.85. The van der Waals surface area contributed by atoms with E-state index in [1.807, 2.05) is 6.92 Å². The molecule has 3 N–H and O–H groups in total. The molecule has 0 aliphatic carbocycles. The lowest BCUT2D eigenvalue weighted by atomic mass is 9.99. The van der Waals surface area contributed by atoms with Crippen LogP contribution in [0.25, 0.3) is 0 Å². The van der Waals surface area contributed by atoms with E-state index in [1.165, 1.54) is 6.07 Å². The fourth-order valence-electron chi connectivity index (χ4n) is 1.43. The molecule has 0 saturated heterocycles. The molecule has 0 unspecified atom stereocenters. The minimum atomic E-state index is -0.670. The van der Waals surface area contributed by atoms with E-state index in [2.05, 4.69) is 0 Å². The number of aliphatic hydroxyl groups is 1. The fourth-order valence-corrected chi connectivity index (χ4v) is 1.43. The summed E-state index contributed by atoms with van der Waals surface area (Å²) in [6.45, 7) is 1.96. The van der Waals surface area contributed by atoms with Gasteiger partial charge in [0, 0.05) is 5.56 Å². The molecular formula is C11H17ClFNO. The molecule has 0 amide bonds. The number of hydrogen-bond donors (Lipinski definition) is 2. The van der Waals surface area contributed by atoms with Crippen LogP contribution in [0.1, 0.15) is 31.4 Å². The summed E-state index contributed by atoms with van der Waals surface area (Å²) in [6.07, 6.45) is 0.760. The Hall–Kier alpha value is -0.640. The van der Waals surface area contributed by atoms with Gasteiger partial charge < -0.3 is 10.8 Å². The van der Waals surface area contributed by atoms with Gasteiger partial charge in [-0.1, -0.05) is 31.5 Å². The molecule has 0 radical (unpaired) electrons. The Morgan fingerprint density at radius 1 is 1.40 bits per heavy atom. The van der Waals surface area contributed by atoms with Crippen LogP contribution in [0.15, 0.2) is 24.3 Å². The zero-order valence-electron chi connectivity index (χ0n) is 8.69. The predicted octanol–water partition coefficient (Wildman–Crippen LogP) is 2.41. The second-order valence-electron chi connectivity index (χ2n) is 3.40. The van der Waals surface area contributed by atoms with Crippen LogP contribution in [0.2, 0.25) is 0 Å². The first-order chi connectivity index (χ1) is 6.66. The number of aliphatic hydroxyl groups excluding tert-OH is 1. The van der Waals surface area contributed by atoms with Crippen LogP contribution in [0.5, 0.6) is 0 Å². The van der Waals surface area contributed by atoms with Gasteiger partial charge in [-0.25, -0.2) is 4.39 Å². The van der Waals surface area contributed by atoms with Crippen molar-refractivity contribution in [3.05, 3.63) is 35.6 Å². The highest BCUT2D eigenvalue weighted by atomic mass is 35.5. The van der Waals surface area contributed by atoms with Crippen molar-refractivity contribution in [1.29, 1.82) is 0 Å². The smallest absolute Gasteiger partial charge is 0.128 e. The van der Waals surface area contributed by atoms with Crippen molar-refractivity contribution in [2.45, 2.75) is 31.9 Å². The Morgan fingerprint density at radius 2 is 2.00 bits per heavy atom. The largest absolute Gasteiger partial charge is 0.391 e. The van der Waals surface area contributed by atoms with E-state index in [0.717, 1.165) is 6.42 Å². The fraction of sp³-hybridized carbons (Fsp3) is 0.455. The van der Waals surface area contributed by atoms with Crippen LogP contribution >= 0.6 is 12.4 Å². The summed E-state index contributed by atoms with van der Waals surface area (Å²) in [5.74, 6) is -0.352. The molecule has 0 saturated carbocycles. The van der Waals surface area contributed by atoms with Gasteiger partial charge in [0.2, 0.25) is 0 Å². The van der Waals surface area contributed by atoms with Gasteiger partial charge in [-0.3, -0.25) is 0 Å². The highest BCUT2D eigenvalue weighted by Gasteiger charge is 2.18. The number of benzene rings is 1. The van der Waals surface area contributed by atoms with Crippen molar-refractivity contribution < 1.29 is 9.50 Å². The van der Waals surface area contributed by atoms with Crippen LogP contribution < -0.4 is 5.73 Å². The first-order valence-electron chi connectivity index (χ1n) is 4.85. The van der Waals surface area contributed by atoms with E-state index in [1.54, 1.807) is 18.2 Å². The van der Waals surface area contributed by atoms with E-state index < -0.39 is 12.1 Å². The number of hydrogen-bond acceptors (Lipinski definition) is 2. The van der Waals surface area contributed by atoms with Gasteiger partial charge in [0.1, 0.15) is 5.82 Å². The molecule has 1 aromatic carbocycles. The number of halogens is 2. The van der Waals surface area contributed by atoms with Gasteiger partial charge in [-0.2, -0.15) is 0 Å². The van der Waals surface area contributed by atoms with Gasteiger partial charge in [-0.05, 0) is 12.5 Å². The molecule has 0 spiro atoms. The van der Waals surface area contributed by atoms with Crippen molar-refractivity contribution in [2.75, 3.05) is 0 Å². The third kappa shape index (κ3) is 3.78. The van der Waals surface area contributed by atoms with Crippen LogP contribution in [-0.2, 0) is 0 Å². The lowest BCUT2D eigenvalue weighted by Crippen LogP contribution is -2.26. The maximum Gasteiger partial charge on any atom is 0.128 e. The lowest BCUT2D eigenvalue weighted by molar-refractivity contribution is 0.133. The summed E-state index contributed by atoms with van der Waals surface area (Å²) < 4.78 is 13.2. The topological polar surface area (TPSA) is 46.2 Å². The average molecular weight is 234 g/mol. The molecule has 0 fully saturated rings.